The molecule has 0 spiro atoms. The second-order valence-electron chi connectivity index (χ2n) is 4.10. The van der Waals surface area contributed by atoms with E-state index in [0.717, 1.165) is 12.8 Å². The fourth-order valence-corrected chi connectivity index (χ4v) is 2.11. The normalized spacial score (nSPS) is 13.0. The number of aromatic amines is 1. The molecule has 1 heterocycles. The first kappa shape index (κ1) is 12.1. The van der Waals surface area contributed by atoms with Gasteiger partial charge < -0.3 is 5.73 Å². The van der Waals surface area contributed by atoms with E-state index >= 15 is 0 Å². The molecule has 1 atom stereocenters. The van der Waals surface area contributed by atoms with Crippen LogP contribution in [0.25, 0.3) is 0 Å². The maximum absolute atomic E-state index is 5.83. The first-order chi connectivity index (χ1) is 7.24. The highest BCUT2D eigenvalue weighted by Gasteiger charge is 2.17. The molecule has 0 saturated carbocycles. The number of nitrogen functional groups attached to an aromatic ring is 1. The first-order valence-electron chi connectivity index (χ1n) is 6.07. The van der Waals surface area contributed by atoms with Crippen LogP contribution in [0.4, 0.5) is 5.82 Å². The van der Waals surface area contributed by atoms with E-state index < -0.39 is 0 Å². The number of anilines is 1. The molecule has 0 saturated heterocycles. The molecule has 15 heavy (non-hydrogen) atoms. The molecule has 3 nitrogen and oxygen atoms in total. The van der Waals surface area contributed by atoms with E-state index in [0.29, 0.717) is 11.7 Å². The van der Waals surface area contributed by atoms with Crippen LogP contribution < -0.4 is 5.73 Å². The molecule has 0 fully saturated rings. The molecule has 0 aliphatic rings. The molecule has 3 N–H and O–H groups in total. The summed E-state index contributed by atoms with van der Waals surface area (Å²) in [5, 5.41) is 7.23. The van der Waals surface area contributed by atoms with Crippen LogP contribution in [0.15, 0.2) is 0 Å². The lowest BCUT2D eigenvalue weighted by molar-refractivity contribution is 0.553. The van der Waals surface area contributed by atoms with E-state index in [1.54, 1.807) is 0 Å². The highest BCUT2D eigenvalue weighted by atomic mass is 15.2. The summed E-state index contributed by atoms with van der Waals surface area (Å²) in [4.78, 5) is 0. The molecule has 0 radical (unpaired) electrons. The van der Waals surface area contributed by atoms with Crippen LogP contribution in [0, 0.1) is 0 Å². The van der Waals surface area contributed by atoms with Crippen molar-refractivity contribution in [2.45, 2.75) is 58.8 Å². The number of hydrogen-bond donors (Lipinski definition) is 2. The Labute approximate surface area is 92.5 Å². The van der Waals surface area contributed by atoms with Crippen molar-refractivity contribution in [3.8, 4) is 0 Å². The molecule has 0 aromatic carbocycles. The van der Waals surface area contributed by atoms with Gasteiger partial charge in [-0.25, -0.2) is 0 Å². The summed E-state index contributed by atoms with van der Waals surface area (Å²) in [6, 6.07) is 0. The molecular formula is C12H23N3. The summed E-state index contributed by atoms with van der Waals surface area (Å²) in [6.45, 7) is 6.60. The van der Waals surface area contributed by atoms with Gasteiger partial charge >= 0.3 is 0 Å². The van der Waals surface area contributed by atoms with Crippen LogP contribution in [0.5, 0.6) is 0 Å². The van der Waals surface area contributed by atoms with Crippen LogP contribution in [-0.2, 0) is 6.42 Å². The predicted molar refractivity (Wildman–Crippen MR) is 64.9 cm³/mol. The molecule has 0 bridgehead atoms. The van der Waals surface area contributed by atoms with Crippen molar-refractivity contribution in [2.24, 2.45) is 0 Å². The number of unbranched alkanes of at least 4 members (excludes halogenated alkanes) is 1. The summed E-state index contributed by atoms with van der Waals surface area (Å²) >= 11 is 0. The molecular weight excluding hydrogens is 186 g/mol. The Bertz CT molecular complexity index is 291. The van der Waals surface area contributed by atoms with Gasteiger partial charge in [-0.2, -0.15) is 5.10 Å². The summed E-state index contributed by atoms with van der Waals surface area (Å²) in [6.07, 6.45) is 5.90. The standard InChI is InChI=1S/C12H23N3/c1-4-7-8-9(5-2)11-10(6-3)12(13)15-14-11/h9H,4-8H2,1-3H3,(H3,13,14,15). The zero-order valence-corrected chi connectivity index (χ0v) is 10.1. The lowest BCUT2D eigenvalue weighted by Crippen LogP contribution is -2.02. The predicted octanol–water partition coefficient (Wildman–Crippen LogP) is 3.24. The third kappa shape index (κ3) is 2.74. The fourth-order valence-electron chi connectivity index (χ4n) is 2.11. The van der Waals surface area contributed by atoms with Gasteiger partial charge in [-0.3, -0.25) is 5.10 Å². The van der Waals surface area contributed by atoms with Crippen molar-refractivity contribution in [2.75, 3.05) is 5.73 Å². The van der Waals surface area contributed by atoms with E-state index in [4.69, 9.17) is 5.73 Å². The molecule has 0 aliphatic carbocycles. The topological polar surface area (TPSA) is 54.7 Å². The second-order valence-corrected chi connectivity index (χ2v) is 4.10. The SMILES string of the molecule is CCCCC(CC)c1[nH]nc(N)c1CC. The van der Waals surface area contributed by atoms with Gasteiger partial charge in [0.1, 0.15) is 5.82 Å². The summed E-state index contributed by atoms with van der Waals surface area (Å²) < 4.78 is 0. The van der Waals surface area contributed by atoms with E-state index in [9.17, 15) is 0 Å². The largest absolute Gasteiger partial charge is 0.382 e. The Kier molecular flexibility index (Phi) is 4.66. The van der Waals surface area contributed by atoms with Gasteiger partial charge in [-0.1, -0.05) is 33.6 Å². The van der Waals surface area contributed by atoms with Crippen molar-refractivity contribution in [1.29, 1.82) is 0 Å². The number of H-pyrrole nitrogens is 1. The van der Waals surface area contributed by atoms with E-state index in [-0.39, 0.29) is 0 Å². The third-order valence-corrected chi connectivity index (χ3v) is 3.09. The monoisotopic (exact) mass is 209 g/mol. The number of nitrogens with zero attached hydrogens (tertiary/aromatic N) is 1. The Balaban J connectivity index is 2.81. The van der Waals surface area contributed by atoms with Crippen LogP contribution >= 0.6 is 0 Å². The Hall–Kier alpha value is -0.990. The lowest BCUT2D eigenvalue weighted by atomic mass is 9.92. The van der Waals surface area contributed by atoms with Gasteiger partial charge in [0.2, 0.25) is 0 Å². The number of aromatic nitrogens is 2. The summed E-state index contributed by atoms with van der Waals surface area (Å²) in [7, 11) is 0. The van der Waals surface area contributed by atoms with Crippen molar-refractivity contribution in [3.05, 3.63) is 11.3 Å². The first-order valence-corrected chi connectivity index (χ1v) is 6.07. The van der Waals surface area contributed by atoms with E-state index in [1.165, 1.54) is 30.5 Å². The zero-order valence-electron chi connectivity index (χ0n) is 10.1. The zero-order chi connectivity index (χ0) is 11.3. The Morgan fingerprint density at radius 3 is 2.60 bits per heavy atom. The number of nitrogens with one attached hydrogen (secondary N) is 1. The molecule has 1 aromatic heterocycles. The van der Waals surface area contributed by atoms with Crippen molar-refractivity contribution < 1.29 is 0 Å². The van der Waals surface area contributed by atoms with Gasteiger partial charge in [0.15, 0.2) is 0 Å². The Morgan fingerprint density at radius 2 is 2.07 bits per heavy atom. The van der Waals surface area contributed by atoms with E-state index in [2.05, 4.69) is 31.0 Å². The number of hydrogen-bond acceptors (Lipinski definition) is 2. The highest BCUT2D eigenvalue weighted by Crippen LogP contribution is 2.29. The minimum absolute atomic E-state index is 0.602. The van der Waals surface area contributed by atoms with E-state index in [1.807, 2.05) is 0 Å². The van der Waals surface area contributed by atoms with Crippen LogP contribution in [-0.4, -0.2) is 10.2 Å². The van der Waals surface area contributed by atoms with Crippen LogP contribution in [0.2, 0.25) is 0 Å². The molecule has 1 aromatic rings. The minimum atomic E-state index is 0.602. The quantitative estimate of drug-likeness (QED) is 0.755. The Morgan fingerprint density at radius 1 is 1.33 bits per heavy atom. The average Bonchev–Trinajstić information content (AvgIpc) is 2.61. The summed E-state index contributed by atoms with van der Waals surface area (Å²) in [5.41, 5.74) is 8.32. The molecule has 3 heteroatoms. The van der Waals surface area contributed by atoms with Gasteiger partial charge in [0.05, 0.1) is 0 Å². The number of rotatable bonds is 6. The van der Waals surface area contributed by atoms with Gasteiger partial charge in [-0.05, 0) is 19.3 Å². The molecule has 1 unspecified atom stereocenters. The van der Waals surface area contributed by atoms with Crippen LogP contribution in [0.3, 0.4) is 0 Å². The molecule has 86 valence electrons. The third-order valence-electron chi connectivity index (χ3n) is 3.09. The van der Waals surface area contributed by atoms with Gasteiger partial charge in [0, 0.05) is 17.2 Å². The van der Waals surface area contributed by atoms with Crippen molar-refractivity contribution in [1.82, 2.24) is 10.2 Å². The number of nitrogens with two attached hydrogens (primary N) is 1. The second kappa shape index (κ2) is 5.79. The minimum Gasteiger partial charge on any atom is -0.382 e. The summed E-state index contributed by atoms with van der Waals surface area (Å²) in [5.74, 6) is 1.28. The highest BCUT2D eigenvalue weighted by molar-refractivity contribution is 5.43. The average molecular weight is 209 g/mol. The molecule has 1 rings (SSSR count). The molecule has 0 aliphatic heterocycles. The lowest BCUT2D eigenvalue weighted by Gasteiger charge is -2.14. The van der Waals surface area contributed by atoms with Crippen molar-refractivity contribution >= 4 is 5.82 Å². The smallest absolute Gasteiger partial charge is 0.148 e. The maximum Gasteiger partial charge on any atom is 0.148 e. The molecule has 0 amide bonds. The van der Waals surface area contributed by atoms with Crippen LogP contribution in [0.1, 0.15) is 63.6 Å². The van der Waals surface area contributed by atoms with Gasteiger partial charge in [-0.15, -0.1) is 0 Å². The van der Waals surface area contributed by atoms with Gasteiger partial charge in [0.25, 0.3) is 0 Å². The maximum atomic E-state index is 5.83. The van der Waals surface area contributed by atoms with Crippen molar-refractivity contribution in [3.63, 3.8) is 0 Å². The fraction of sp³-hybridized carbons (Fsp3) is 0.750.